The molecule has 1 N–H and O–H groups in total. The fourth-order valence-electron chi connectivity index (χ4n) is 4.98. The van der Waals surface area contributed by atoms with Gasteiger partial charge >= 0.3 is 5.97 Å². The first kappa shape index (κ1) is 24.7. The molecule has 3 aromatic rings. The third kappa shape index (κ3) is 5.45. The van der Waals surface area contributed by atoms with Gasteiger partial charge in [-0.15, -0.1) is 11.3 Å². The number of carbonyl (C=O) groups excluding carboxylic acids is 1. The second-order valence-electron chi connectivity index (χ2n) is 9.02. The van der Waals surface area contributed by atoms with Crippen LogP contribution in [0.15, 0.2) is 60.1 Å². The fourth-order valence-corrected chi connectivity index (χ4v) is 5.97. The van der Waals surface area contributed by atoms with Crippen molar-refractivity contribution >= 4 is 46.4 Å². The van der Waals surface area contributed by atoms with Crippen molar-refractivity contribution in [2.45, 2.75) is 44.6 Å². The summed E-state index contributed by atoms with van der Waals surface area (Å²) in [6.45, 7) is 2.27. The first-order valence-corrected chi connectivity index (χ1v) is 12.8. The number of carboxylic acid groups (broad SMARTS) is 1. The van der Waals surface area contributed by atoms with E-state index in [1.165, 1.54) is 0 Å². The Labute approximate surface area is 213 Å². The Balaban J connectivity index is 1.76. The van der Waals surface area contributed by atoms with Gasteiger partial charge in [0, 0.05) is 40.5 Å². The van der Waals surface area contributed by atoms with Gasteiger partial charge in [0.05, 0.1) is 22.9 Å². The molecule has 5 nitrogen and oxygen atoms in total. The van der Waals surface area contributed by atoms with E-state index < -0.39 is 11.4 Å². The van der Waals surface area contributed by atoms with E-state index in [2.05, 4.69) is 4.98 Å². The first-order valence-electron chi connectivity index (χ1n) is 11.2. The van der Waals surface area contributed by atoms with E-state index >= 15 is 0 Å². The molecule has 0 unspecified atom stereocenters. The lowest BCUT2D eigenvalue weighted by Gasteiger charge is -2.49. The molecule has 0 bridgehead atoms. The zero-order valence-electron chi connectivity index (χ0n) is 18.8. The first-order chi connectivity index (χ1) is 16.3. The molecule has 0 radical (unpaired) electrons. The van der Waals surface area contributed by atoms with Crippen LogP contribution in [-0.2, 0) is 16.0 Å². The molecule has 0 spiro atoms. The van der Waals surface area contributed by atoms with Gasteiger partial charge < -0.3 is 10.0 Å². The van der Waals surface area contributed by atoms with Gasteiger partial charge in [-0.2, -0.15) is 0 Å². The van der Waals surface area contributed by atoms with Crippen molar-refractivity contribution in [3.05, 3.63) is 86.3 Å². The molecule has 0 saturated carbocycles. The van der Waals surface area contributed by atoms with Crippen molar-refractivity contribution in [1.29, 1.82) is 0 Å². The fraction of sp³-hybridized carbons (Fsp3) is 0.346. The third-order valence-electron chi connectivity index (χ3n) is 6.47. The molecule has 4 rings (SSSR count). The number of hydrogen-bond donors (Lipinski definition) is 1. The summed E-state index contributed by atoms with van der Waals surface area (Å²) in [5.41, 5.74) is 0.930. The Morgan fingerprint density at radius 3 is 2.59 bits per heavy atom. The lowest BCUT2D eigenvalue weighted by Crippen LogP contribution is -2.52. The quantitative estimate of drug-likeness (QED) is 0.365. The van der Waals surface area contributed by atoms with Crippen molar-refractivity contribution in [2.24, 2.45) is 5.41 Å². The average Bonchev–Trinajstić information content (AvgIpc) is 3.30. The number of piperidine rings is 1. The van der Waals surface area contributed by atoms with Crippen molar-refractivity contribution in [3.63, 3.8) is 0 Å². The van der Waals surface area contributed by atoms with Gasteiger partial charge in [-0.1, -0.05) is 54.4 Å². The molecule has 1 fully saturated rings. The van der Waals surface area contributed by atoms with Gasteiger partial charge in [0.2, 0.25) is 5.91 Å². The highest BCUT2D eigenvalue weighted by Gasteiger charge is 2.50. The second-order valence-corrected chi connectivity index (χ2v) is 10.9. The molecule has 1 amide bonds. The van der Waals surface area contributed by atoms with Crippen LogP contribution in [0.2, 0.25) is 10.0 Å². The standard InChI is InChI=1S/C26H26Cl2N2O3S/c1-26(16-23(31)32)15-21(18-4-2-5-20(28)14-18)24(17-7-9-19(27)10-8-17)30(25(26)33)12-3-6-22-29-11-13-34-22/h2,4-5,7-11,13-14,21,24H,3,6,12,15-16H2,1H3,(H,31,32)/t21-,24-,26+/m1/s1. The molecule has 2 aromatic carbocycles. The van der Waals surface area contributed by atoms with Gasteiger partial charge in [-0.05, 0) is 48.2 Å². The average molecular weight is 517 g/mol. The summed E-state index contributed by atoms with van der Waals surface area (Å²) < 4.78 is 0. The highest BCUT2D eigenvalue weighted by molar-refractivity contribution is 7.09. The summed E-state index contributed by atoms with van der Waals surface area (Å²) in [7, 11) is 0. The van der Waals surface area contributed by atoms with Crippen LogP contribution in [0.1, 0.15) is 54.3 Å². The van der Waals surface area contributed by atoms with E-state index in [4.69, 9.17) is 23.2 Å². The number of carbonyl (C=O) groups is 2. The summed E-state index contributed by atoms with van der Waals surface area (Å²) >= 11 is 14.1. The van der Waals surface area contributed by atoms with Crippen LogP contribution < -0.4 is 0 Å². The summed E-state index contributed by atoms with van der Waals surface area (Å²) in [4.78, 5) is 31.9. The molecule has 0 aliphatic carbocycles. The minimum Gasteiger partial charge on any atom is -0.481 e. The molecule has 1 aliphatic heterocycles. The third-order valence-corrected chi connectivity index (χ3v) is 7.79. The molecule has 8 heteroatoms. The number of thiazole rings is 1. The number of aromatic nitrogens is 1. The van der Waals surface area contributed by atoms with Gasteiger partial charge in [-0.25, -0.2) is 4.98 Å². The lowest BCUT2D eigenvalue weighted by molar-refractivity contribution is -0.157. The lowest BCUT2D eigenvalue weighted by atomic mass is 9.67. The van der Waals surface area contributed by atoms with Crippen molar-refractivity contribution in [2.75, 3.05) is 6.54 Å². The Morgan fingerprint density at radius 2 is 1.94 bits per heavy atom. The van der Waals surface area contributed by atoms with Gasteiger partial charge in [-0.3, -0.25) is 9.59 Å². The van der Waals surface area contributed by atoms with Gasteiger partial charge in [0.15, 0.2) is 0 Å². The van der Waals surface area contributed by atoms with Crippen LogP contribution in [0.3, 0.4) is 0 Å². The summed E-state index contributed by atoms with van der Waals surface area (Å²) in [6.07, 6.45) is 3.46. The maximum absolute atomic E-state index is 13.9. The number of nitrogens with zero attached hydrogens (tertiary/aromatic N) is 2. The predicted molar refractivity (Wildman–Crippen MR) is 136 cm³/mol. The van der Waals surface area contributed by atoms with Crippen molar-refractivity contribution < 1.29 is 14.7 Å². The summed E-state index contributed by atoms with van der Waals surface area (Å²) in [5, 5.41) is 13.8. The number of carboxylic acids is 1. The topological polar surface area (TPSA) is 70.5 Å². The molecule has 1 aromatic heterocycles. The Morgan fingerprint density at radius 1 is 1.18 bits per heavy atom. The zero-order valence-corrected chi connectivity index (χ0v) is 21.1. The van der Waals surface area contributed by atoms with Crippen LogP contribution >= 0.6 is 34.5 Å². The molecular weight excluding hydrogens is 491 g/mol. The van der Waals surface area contributed by atoms with Gasteiger partial charge in [0.1, 0.15) is 0 Å². The van der Waals surface area contributed by atoms with Crippen molar-refractivity contribution in [1.82, 2.24) is 9.88 Å². The van der Waals surface area contributed by atoms with E-state index in [0.29, 0.717) is 23.0 Å². The number of aryl methyl sites for hydroxylation is 1. The van der Waals surface area contributed by atoms with Crippen molar-refractivity contribution in [3.8, 4) is 0 Å². The van der Waals surface area contributed by atoms with E-state index in [9.17, 15) is 14.7 Å². The molecule has 1 aliphatic rings. The second kappa shape index (κ2) is 10.5. The zero-order chi connectivity index (χ0) is 24.3. The van der Waals surface area contributed by atoms with E-state index in [1.807, 2.05) is 58.8 Å². The molecular formula is C26H26Cl2N2O3S. The number of rotatable bonds is 8. The van der Waals surface area contributed by atoms with Crippen LogP contribution in [0.25, 0.3) is 0 Å². The van der Waals surface area contributed by atoms with E-state index in [-0.39, 0.29) is 24.3 Å². The van der Waals surface area contributed by atoms with E-state index in [0.717, 1.165) is 29.0 Å². The number of aliphatic carboxylic acids is 1. The minimum atomic E-state index is -1.02. The highest BCUT2D eigenvalue weighted by Crippen LogP contribution is 2.51. The predicted octanol–water partition coefficient (Wildman–Crippen LogP) is 6.62. The molecule has 1 saturated heterocycles. The van der Waals surface area contributed by atoms with Crippen LogP contribution in [0.4, 0.5) is 0 Å². The summed E-state index contributed by atoms with van der Waals surface area (Å²) in [5.74, 6) is -1.23. The largest absolute Gasteiger partial charge is 0.481 e. The molecule has 178 valence electrons. The molecule has 3 atom stereocenters. The number of halogens is 2. The Bertz CT molecular complexity index is 1150. The number of benzene rings is 2. The Hall–Kier alpha value is -2.41. The van der Waals surface area contributed by atoms with E-state index in [1.54, 1.807) is 24.5 Å². The molecule has 34 heavy (non-hydrogen) atoms. The number of likely N-dealkylation sites (tertiary alicyclic amines) is 1. The normalized spacial score (nSPS) is 22.7. The van der Waals surface area contributed by atoms with Crippen LogP contribution in [0, 0.1) is 5.41 Å². The molecule has 2 heterocycles. The minimum absolute atomic E-state index is 0.123. The smallest absolute Gasteiger partial charge is 0.304 e. The Kier molecular flexibility index (Phi) is 7.60. The maximum atomic E-state index is 13.9. The van der Waals surface area contributed by atoms with Crippen LogP contribution in [0.5, 0.6) is 0 Å². The monoisotopic (exact) mass is 516 g/mol. The maximum Gasteiger partial charge on any atom is 0.304 e. The van der Waals surface area contributed by atoms with Crippen LogP contribution in [-0.4, -0.2) is 33.4 Å². The van der Waals surface area contributed by atoms with Gasteiger partial charge in [0.25, 0.3) is 0 Å². The highest BCUT2D eigenvalue weighted by atomic mass is 35.5. The number of amides is 1. The SMILES string of the molecule is C[C@@]1(CC(=O)O)C[C@H](c2cccc(Cl)c2)[C@@H](c2ccc(Cl)cc2)N(CCCc2nccs2)C1=O. The number of hydrogen-bond acceptors (Lipinski definition) is 4. The summed E-state index contributed by atoms with van der Waals surface area (Å²) in [6, 6.07) is 14.9.